The van der Waals surface area contributed by atoms with E-state index in [0.29, 0.717) is 27.4 Å². The molecule has 0 radical (unpaired) electrons. The van der Waals surface area contributed by atoms with Gasteiger partial charge in [0.05, 0.1) is 15.9 Å². The van der Waals surface area contributed by atoms with Crippen LogP contribution >= 0.6 is 23.2 Å². The van der Waals surface area contributed by atoms with Gasteiger partial charge in [-0.25, -0.2) is 14.8 Å². The Hall–Kier alpha value is -2.63. The van der Waals surface area contributed by atoms with Gasteiger partial charge in [0.2, 0.25) is 5.89 Å². The SMILES string of the molecule is Cc1cc(C)c2nc(-c3cc(Cl)c(Cl)n3-c3ccccn3)oc(=O)c2c1. The number of nitrogens with zero attached hydrogens (tertiary/aromatic N) is 3. The first-order valence-corrected chi connectivity index (χ1v) is 8.62. The third-order valence-corrected chi connectivity index (χ3v) is 4.82. The van der Waals surface area contributed by atoms with E-state index in [4.69, 9.17) is 27.6 Å². The molecule has 0 bridgehead atoms. The number of pyridine rings is 1. The molecule has 130 valence electrons. The van der Waals surface area contributed by atoms with Crippen LogP contribution in [0.3, 0.4) is 0 Å². The van der Waals surface area contributed by atoms with E-state index in [-0.39, 0.29) is 11.0 Å². The molecule has 3 heterocycles. The summed E-state index contributed by atoms with van der Waals surface area (Å²) in [7, 11) is 0. The molecule has 0 unspecified atom stereocenters. The summed E-state index contributed by atoms with van der Waals surface area (Å²) in [5.41, 5.74) is 2.44. The van der Waals surface area contributed by atoms with Crippen molar-refractivity contribution in [1.29, 1.82) is 0 Å². The maximum atomic E-state index is 12.5. The zero-order valence-electron chi connectivity index (χ0n) is 14.0. The first-order valence-electron chi connectivity index (χ1n) is 7.86. The average molecular weight is 386 g/mol. The lowest BCUT2D eigenvalue weighted by molar-refractivity contribution is 0.514. The lowest BCUT2D eigenvalue weighted by Gasteiger charge is -2.09. The molecule has 1 aromatic carbocycles. The summed E-state index contributed by atoms with van der Waals surface area (Å²) >= 11 is 12.6. The zero-order chi connectivity index (χ0) is 18.4. The fourth-order valence-corrected chi connectivity index (χ4v) is 3.38. The highest BCUT2D eigenvalue weighted by Gasteiger charge is 2.20. The second-order valence-corrected chi connectivity index (χ2v) is 6.74. The van der Waals surface area contributed by atoms with Gasteiger partial charge in [0.1, 0.15) is 16.7 Å². The van der Waals surface area contributed by atoms with Crippen molar-refractivity contribution in [1.82, 2.24) is 14.5 Å². The molecule has 0 fully saturated rings. The number of aryl methyl sites for hydroxylation is 2. The number of benzene rings is 1. The highest BCUT2D eigenvalue weighted by atomic mass is 35.5. The molecule has 0 saturated heterocycles. The highest BCUT2D eigenvalue weighted by Crippen LogP contribution is 2.34. The van der Waals surface area contributed by atoms with Gasteiger partial charge in [0.25, 0.3) is 0 Å². The van der Waals surface area contributed by atoms with Crippen LogP contribution in [0.25, 0.3) is 28.3 Å². The fourth-order valence-electron chi connectivity index (χ4n) is 2.96. The van der Waals surface area contributed by atoms with E-state index in [0.717, 1.165) is 11.1 Å². The van der Waals surface area contributed by atoms with E-state index < -0.39 is 5.63 Å². The molecular formula is C19H13Cl2N3O2. The van der Waals surface area contributed by atoms with Gasteiger partial charge in [-0.15, -0.1) is 0 Å². The Morgan fingerprint density at radius 1 is 1.12 bits per heavy atom. The lowest BCUT2D eigenvalue weighted by atomic mass is 10.1. The Morgan fingerprint density at radius 3 is 2.65 bits per heavy atom. The standard InChI is InChI=1S/C19H13Cl2N3O2/c1-10-7-11(2)16-12(8-10)19(25)26-18(23-16)14-9-13(20)17(21)24(14)15-5-3-4-6-22-15/h3-9H,1-2H3. The maximum Gasteiger partial charge on any atom is 0.347 e. The summed E-state index contributed by atoms with van der Waals surface area (Å²) in [6.07, 6.45) is 1.64. The third-order valence-electron chi connectivity index (χ3n) is 4.06. The highest BCUT2D eigenvalue weighted by molar-refractivity contribution is 6.42. The summed E-state index contributed by atoms with van der Waals surface area (Å²) < 4.78 is 7.09. The van der Waals surface area contributed by atoms with Crippen molar-refractivity contribution in [3.05, 3.63) is 74.3 Å². The Bertz CT molecular complexity index is 1200. The molecule has 0 aliphatic carbocycles. The van der Waals surface area contributed by atoms with Gasteiger partial charge >= 0.3 is 5.63 Å². The van der Waals surface area contributed by atoms with Gasteiger partial charge in [0, 0.05) is 6.20 Å². The molecule has 26 heavy (non-hydrogen) atoms. The smallest absolute Gasteiger partial charge is 0.347 e. The second kappa shape index (κ2) is 6.27. The van der Waals surface area contributed by atoms with E-state index in [1.165, 1.54) is 0 Å². The normalized spacial score (nSPS) is 11.2. The lowest BCUT2D eigenvalue weighted by Crippen LogP contribution is -2.07. The second-order valence-electron chi connectivity index (χ2n) is 5.98. The molecule has 7 heteroatoms. The Morgan fingerprint density at radius 2 is 1.92 bits per heavy atom. The van der Waals surface area contributed by atoms with Crippen LogP contribution < -0.4 is 5.63 Å². The van der Waals surface area contributed by atoms with Crippen LogP contribution in [0.1, 0.15) is 11.1 Å². The van der Waals surface area contributed by atoms with Gasteiger partial charge in [0.15, 0.2) is 0 Å². The molecular weight excluding hydrogens is 373 g/mol. The van der Waals surface area contributed by atoms with Gasteiger partial charge in [-0.2, -0.15) is 0 Å². The van der Waals surface area contributed by atoms with Crippen molar-refractivity contribution in [3.8, 4) is 17.4 Å². The van der Waals surface area contributed by atoms with Gasteiger partial charge in [-0.05, 0) is 49.2 Å². The first-order chi connectivity index (χ1) is 12.5. The largest absolute Gasteiger partial charge is 0.401 e. The number of hydrogen-bond acceptors (Lipinski definition) is 4. The average Bonchev–Trinajstić information content (AvgIpc) is 2.91. The molecule has 4 aromatic rings. The predicted octanol–water partition coefficient (Wildman–Crippen LogP) is 4.96. The maximum absolute atomic E-state index is 12.5. The van der Waals surface area contributed by atoms with Crippen LogP contribution in [0.5, 0.6) is 0 Å². The molecule has 0 saturated carbocycles. The molecule has 0 amide bonds. The molecule has 0 aliphatic rings. The summed E-state index contributed by atoms with van der Waals surface area (Å²) in [6, 6.07) is 10.7. The topological polar surface area (TPSA) is 60.9 Å². The quantitative estimate of drug-likeness (QED) is 0.488. The molecule has 3 aromatic heterocycles. The summed E-state index contributed by atoms with van der Waals surface area (Å²) in [6.45, 7) is 3.83. The number of aromatic nitrogens is 3. The van der Waals surface area contributed by atoms with E-state index in [1.807, 2.05) is 26.0 Å². The molecule has 0 aliphatic heterocycles. The summed E-state index contributed by atoms with van der Waals surface area (Å²) in [5.74, 6) is 0.679. The van der Waals surface area contributed by atoms with E-state index in [9.17, 15) is 4.79 Å². The molecule has 0 atom stereocenters. The summed E-state index contributed by atoms with van der Waals surface area (Å²) in [5, 5.41) is 1.03. The minimum absolute atomic E-state index is 0.133. The summed E-state index contributed by atoms with van der Waals surface area (Å²) in [4.78, 5) is 21.4. The Kier molecular flexibility index (Phi) is 4.05. The van der Waals surface area contributed by atoms with Gasteiger partial charge in [-0.1, -0.05) is 35.3 Å². The van der Waals surface area contributed by atoms with Crippen molar-refractivity contribution in [2.24, 2.45) is 0 Å². The molecule has 0 N–H and O–H groups in total. The van der Waals surface area contributed by atoms with Crippen molar-refractivity contribution >= 4 is 34.1 Å². The zero-order valence-corrected chi connectivity index (χ0v) is 15.5. The van der Waals surface area contributed by atoms with Crippen molar-refractivity contribution < 1.29 is 4.42 Å². The van der Waals surface area contributed by atoms with Crippen LogP contribution in [0, 0.1) is 13.8 Å². The first kappa shape index (κ1) is 16.8. The van der Waals surface area contributed by atoms with Crippen LogP contribution in [0.15, 0.2) is 51.8 Å². The van der Waals surface area contributed by atoms with Gasteiger partial charge in [-0.3, -0.25) is 4.57 Å². The van der Waals surface area contributed by atoms with E-state index in [1.54, 1.807) is 35.0 Å². The predicted molar refractivity (Wildman–Crippen MR) is 102 cm³/mol. The number of rotatable bonds is 2. The van der Waals surface area contributed by atoms with Crippen molar-refractivity contribution in [2.75, 3.05) is 0 Å². The number of fused-ring (bicyclic) bond motifs is 1. The van der Waals surface area contributed by atoms with E-state index >= 15 is 0 Å². The molecule has 5 nitrogen and oxygen atoms in total. The van der Waals surface area contributed by atoms with Crippen LogP contribution in [0.4, 0.5) is 0 Å². The van der Waals surface area contributed by atoms with Crippen molar-refractivity contribution in [3.63, 3.8) is 0 Å². The number of hydrogen-bond donors (Lipinski definition) is 0. The Balaban J connectivity index is 2.03. The van der Waals surface area contributed by atoms with E-state index in [2.05, 4.69) is 9.97 Å². The van der Waals surface area contributed by atoms with Crippen LogP contribution in [-0.2, 0) is 0 Å². The third kappa shape index (κ3) is 2.69. The minimum Gasteiger partial charge on any atom is -0.401 e. The van der Waals surface area contributed by atoms with Crippen molar-refractivity contribution in [2.45, 2.75) is 13.8 Å². The Labute approximate surface area is 158 Å². The fraction of sp³-hybridized carbons (Fsp3) is 0.105. The molecule has 4 rings (SSSR count). The van der Waals surface area contributed by atoms with Crippen LogP contribution in [-0.4, -0.2) is 14.5 Å². The number of halogens is 2. The minimum atomic E-state index is -0.460. The van der Waals surface area contributed by atoms with Crippen LogP contribution in [0.2, 0.25) is 10.2 Å². The monoisotopic (exact) mass is 385 g/mol. The molecule has 0 spiro atoms. The van der Waals surface area contributed by atoms with Gasteiger partial charge < -0.3 is 4.42 Å².